The summed E-state index contributed by atoms with van der Waals surface area (Å²) in [7, 11) is 4.52. The average Bonchev–Trinajstić information content (AvgIpc) is 2.85. The molecule has 2 aromatic rings. The molecule has 11 nitrogen and oxygen atoms in total. The molecule has 0 aliphatic heterocycles. The summed E-state index contributed by atoms with van der Waals surface area (Å²) in [6, 6.07) is 0. The molecule has 2 aromatic heterocycles. The van der Waals surface area contributed by atoms with E-state index in [1.54, 1.807) is 7.05 Å². The van der Waals surface area contributed by atoms with Crippen molar-refractivity contribution in [1.82, 2.24) is 23.6 Å². The van der Waals surface area contributed by atoms with Crippen LogP contribution in [-0.2, 0) is 20.8 Å². The summed E-state index contributed by atoms with van der Waals surface area (Å²) in [5, 5.41) is 7.71. The van der Waals surface area contributed by atoms with Gasteiger partial charge in [-0.25, -0.2) is 9.78 Å². The van der Waals surface area contributed by atoms with Crippen LogP contribution in [0.15, 0.2) is 20.9 Å². The number of nitrogens with two attached hydrogens (primary N) is 2. The van der Waals surface area contributed by atoms with Gasteiger partial charge < -0.3 is 20.9 Å². The number of nitrogens with one attached hydrogen (secondary N) is 1. The van der Waals surface area contributed by atoms with Crippen LogP contribution in [0.3, 0.4) is 0 Å². The molecule has 0 aromatic carbocycles. The number of aromatic nitrogens is 4. The molecule has 0 unspecified atom stereocenters. The van der Waals surface area contributed by atoms with Crippen LogP contribution >= 0.6 is 0 Å². The number of fused-ring (bicyclic) bond motifs is 1. The number of aliphatic imine (C=N–C) groups is 1. The summed E-state index contributed by atoms with van der Waals surface area (Å²) in [6.07, 6.45) is 1.42. The molecule has 2 heterocycles. The van der Waals surface area contributed by atoms with Gasteiger partial charge in [0.25, 0.3) is 5.56 Å². The summed E-state index contributed by atoms with van der Waals surface area (Å²) in [6.45, 7) is 0.125. The second-order valence-corrected chi connectivity index (χ2v) is 4.79. The Morgan fingerprint density at radius 1 is 1.36 bits per heavy atom. The highest BCUT2D eigenvalue weighted by molar-refractivity contribution is 5.91. The van der Waals surface area contributed by atoms with E-state index in [0.717, 1.165) is 4.57 Å². The summed E-state index contributed by atoms with van der Waals surface area (Å²) in [4.78, 5) is 33.2. The maximum atomic E-state index is 12.3. The third kappa shape index (κ3) is 2.43. The number of rotatable bonds is 2. The van der Waals surface area contributed by atoms with Gasteiger partial charge in [0.1, 0.15) is 0 Å². The third-order valence-corrected chi connectivity index (χ3v) is 3.18. The fourth-order valence-corrected chi connectivity index (χ4v) is 2.01. The first-order chi connectivity index (χ1) is 10.2. The van der Waals surface area contributed by atoms with Crippen LogP contribution in [0.1, 0.15) is 0 Å². The summed E-state index contributed by atoms with van der Waals surface area (Å²) >= 11 is 0. The first kappa shape index (κ1) is 15.3. The van der Waals surface area contributed by atoms with Gasteiger partial charge in [-0.05, 0) is 0 Å². The molecular weight excluding hydrogens is 290 g/mol. The van der Waals surface area contributed by atoms with Gasteiger partial charge in [-0.3, -0.25) is 19.3 Å². The predicted molar refractivity (Wildman–Crippen MR) is 81.5 cm³/mol. The zero-order valence-electron chi connectivity index (χ0n) is 12.4. The molecule has 0 saturated heterocycles. The molecule has 0 radical (unpaired) electrons. The van der Waals surface area contributed by atoms with Crippen molar-refractivity contribution in [2.45, 2.75) is 6.67 Å². The van der Waals surface area contributed by atoms with E-state index in [9.17, 15) is 9.59 Å². The minimum atomic E-state index is -0.461. The van der Waals surface area contributed by atoms with E-state index in [1.165, 1.54) is 34.5 Å². The second kappa shape index (κ2) is 5.35. The van der Waals surface area contributed by atoms with E-state index in [1.807, 2.05) is 0 Å². The normalized spacial score (nSPS) is 10.7. The highest BCUT2D eigenvalue weighted by Gasteiger charge is 2.15. The molecule has 5 N–H and O–H groups in total. The lowest BCUT2D eigenvalue weighted by Gasteiger charge is -2.17. The molecule has 0 saturated carbocycles. The van der Waals surface area contributed by atoms with Crippen molar-refractivity contribution >= 4 is 23.1 Å². The highest BCUT2D eigenvalue weighted by atomic mass is 16.2. The van der Waals surface area contributed by atoms with E-state index in [0.29, 0.717) is 0 Å². The highest BCUT2D eigenvalue weighted by Crippen LogP contribution is 2.06. The van der Waals surface area contributed by atoms with Crippen LogP contribution in [-0.4, -0.2) is 42.6 Å². The lowest BCUT2D eigenvalue weighted by atomic mass is 10.5. The van der Waals surface area contributed by atoms with Crippen LogP contribution in [0.25, 0.3) is 11.2 Å². The molecule has 11 heteroatoms. The molecule has 2 rings (SSSR count). The Kier molecular flexibility index (Phi) is 3.72. The number of imidazole rings is 1. The van der Waals surface area contributed by atoms with Gasteiger partial charge in [-0.15, -0.1) is 0 Å². The van der Waals surface area contributed by atoms with Crippen molar-refractivity contribution in [1.29, 1.82) is 5.41 Å². The quantitative estimate of drug-likeness (QED) is 0.413. The average molecular weight is 307 g/mol. The lowest BCUT2D eigenvalue weighted by molar-refractivity contribution is 0.403. The molecule has 0 fully saturated rings. The third-order valence-electron chi connectivity index (χ3n) is 3.18. The molecule has 0 amide bonds. The number of hydrogen-bond acceptors (Lipinski definition) is 4. The maximum absolute atomic E-state index is 12.3. The van der Waals surface area contributed by atoms with Crippen LogP contribution < -0.4 is 22.7 Å². The van der Waals surface area contributed by atoms with Crippen LogP contribution in [0, 0.1) is 5.41 Å². The molecule has 0 spiro atoms. The molecule has 0 aliphatic carbocycles. The van der Waals surface area contributed by atoms with Crippen LogP contribution in [0.2, 0.25) is 0 Å². The van der Waals surface area contributed by atoms with Crippen molar-refractivity contribution in [3.05, 3.63) is 27.2 Å². The SMILES string of the molecule is CN(Cn1cnc2c1c(=O)n(C)c(=O)n2C)C(=N)N=C(N)N. The van der Waals surface area contributed by atoms with E-state index in [2.05, 4.69) is 9.98 Å². The van der Waals surface area contributed by atoms with Gasteiger partial charge in [0.15, 0.2) is 17.1 Å². The summed E-state index contributed by atoms with van der Waals surface area (Å²) < 4.78 is 3.81. The Hall–Kier alpha value is -3.11. The fourth-order valence-electron chi connectivity index (χ4n) is 2.01. The Balaban J connectivity index is 2.51. The van der Waals surface area contributed by atoms with Crippen molar-refractivity contribution in [2.75, 3.05) is 7.05 Å². The number of nitrogens with zero attached hydrogens (tertiary/aromatic N) is 6. The molecule has 0 bridgehead atoms. The van der Waals surface area contributed by atoms with E-state index < -0.39 is 11.2 Å². The molecule has 118 valence electrons. The smallest absolute Gasteiger partial charge is 0.332 e. The zero-order chi connectivity index (χ0) is 16.6. The van der Waals surface area contributed by atoms with Crippen molar-refractivity contribution < 1.29 is 0 Å². The Labute approximate surface area is 124 Å². The van der Waals surface area contributed by atoms with Crippen molar-refractivity contribution in [2.24, 2.45) is 30.6 Å². The summed E-state index contributed by atoms with van der Waals surface area (Å²) in [5.41, 5.74) is 10.1. The number of guanidine groups is 2. The van der Waals surface area contributed by atoms with Gasteiger partial charge in [0.05, 0.1) is 13.0 Å². The van der Waals surface area contributed by atoms with Crippen LogP contribution in [0.5, 0.6) is 0 Å². The van der Waals surface area contributed by atoms with Gasteiger partial charge in [0.2, 0.25) is 5.96 Å². The van der Waals surface area contributed by atoms with Crippen molar-refractivity contribution in [3.8, 4) is 0 Å². The first-order valence-electron chi connectivity index (χ1n) is 6.24. The number of aryl methyl sites for hydroxylation is 1. The minimum Gasteiger partial charge on any atom is -0.370 e. The van der Waals surface area contributed by atoms with Crippen LogP contribution in [0.4, 0.5) is 0 Å². The standard InChI is InChI=1S/C11H17N9O2/c1-17(10(14)16-9(12)13)5-20-4-15-7-6(20)8(21)19(3)11(22)18(7)2/h4H,5H2,1-3H3,(H5,12,13,14,16). The minimum absolute atomic E-state index is 0.125. The monoisotopic (exact) mass is 307 g/mol. The van der Waals surface area contributed by atoms with E-state index in [-0.39, 0.29) is 29.8 Å². The molecule has 0 atom stereocenters. The Bertz CT molecular complexity index is 881. The number of hydrogen-bond donors (Lipinski definition) is 3. The molecule has 22 heavy (non-hydrogen) atoms. The Morgan fingerprint density at radius 2 is 2.00 bits per heavy atom. The maximum Gasteiger partial charge on any atom is 0.332 e. The molecule has 0 aliphatic rings. The topological polar surface area (TPSA) is 153 Å². The van der Waals surface area contributed by atoms with Gasteiger partial charge >= 0.3 is 5.69 Å². The van der Waals surface area contributed by atoms with Crippen molar-refractivity contribution in [3.63, 3.8) is 0 Å². The lowest BCUT2D eigenvalue weighted by Crippen LogP contribution is -2.38. The first-order valence-corrected chi connectivity index (χ1v) is 6.24. The zero-order valence-corrected chi connectivity index (χ0v) is 12.4. The second-order valence-electron chi connectivity index (χ2n) is 4.79. The largest absolute Gasteiger partial charge is 0.370 e. The predicted octanol–water partition coefficient (Wildman–Crippen LogP) is -2.47. The van der Waals surface area contributed by atoms with Gasteiger partial charge in [-0.2, -0.15) is 4.99 Å². The Morgan fingerprint density at radius 3 is 2.59 bits per heavy atom. The van der Waals surface area contributed by atoms with E-state index in [4.69, 9.17) is 16.9 Å². The summed E-state index contributed by atoms with van der Waals surface area (Å²) in [5.74, 6) is -0.394. The molecular formula is C11H17N9O2. The van der Waals surface area contributed by atoms with E-state index >= 15 is 0 Å². The fraction of sp³-hybridized carbons (Fsp3) is 0.364. The van der Waals surface area contributed by atoms with Gasteiger partial charge in [0, 0.05) is 21.1 Å². The van der Waals surface area contributed by atoms with Gasteiger partial charge in [-0.1, -0.05) is 0 Å².